The molecule has 36 heavy (non-hydrogen) atoms. The normalized spacial score (nSPS) is 18.8. The number of fused-ring (bicyclic) bond motifs is 1. The predicted molar refractivity (Wildman–Crippen MR) is 141 cm³/mol. The van der Waals surface area contributed by atoms with Crippen molar-refractivity contribution < 1.29 is 24.1 Å². The molecule has 5 heteroatoms. The van der Waals surface area contributed by atoms with Crippen molar-refractivity contribution in [3.05, 3.63) is 89.0 Å². The second kappa shape index (κ2) is 10.2. The first-order valence-corrected chi connectivity index (χ1v) is 12.5. The number of allylic oxidation sites excluding steroid dienone is 1. The highest BCUT2D eigenvalue weighted by Gasteiger charge is 2.27. The summed E-state index contributed by atoms with van der Waals surface area (Å²) in [6.45, 7) is 10.3. The van der Waals surface area contributed by atoms with Gasteiger partial charge in [0, 0.05) is 6.42 Å². The second-order valence-corrected chi connectivity index (χ2v) is 9.88. The van der Waals surface area contributed by atoms with Crippen molar-refractivity contribution in [2.24, 2.45) is 0 Å². The van der Waals surface area contributed by atoms with E-state index in [4.69, 9.17) is 14.2 Å². The number of ether oxygens (including phenoxy) is 3. The van der Waals surface area contributed by atoms with Crippen molar-refractivity contribution >= 4 is 11.5 Å². The summed E-state index contributed by atoms with van der Waals surface area (Å²) in [5.41, 5.74) is 8.84. The molecule has 0 spiro atoms. The minimum absolute atomic E-state index is 0.00880. The Bertz CT molecular complexity index is 1280. The Balaban J connectivity index is 1.30. The van der Waals surface area contributed by atoms with E-state index in [9.17, 15) is 9.90 Å². The third-order valence-corrected chi connectivity index (χ3v) is 7.08. The number of aliphatic carboxylic acids is 1. The van der Waals surface area contributed by atoms with E-state index in [0.29, 0.717) is 19.6 Å². The lowest BCUT2D eigenvalue weighted by atomic mass is 9.94. The first kappa shape index (κ1) is 24.1. The van der Waals surface area contributed by atoms with Crippen LogP contribution in [0.15, 0.2) is 61.2 Å². The van der Waals surface area contributed by atoms with Gasteiger partial charge in [0.15, 0.2) is 0 Å². The molecule has 1 aliphatic heterocycles. The van der Waals surface area contributed by atoms with E-state index in [2.05, 4.69) is 56.8 Å². The fraction of sp³-hybridized carbons (Fsp3) is 0.323. The monoisotopic (exact) mass is 484 g/mol. The van der Waals surface area contributed by atoms with Crippen LogP contribution in [0.2, 0.25) is 0 Å². The topological polar surface area (TPSA) is 65.0 Å². The number of carboxylic acids is 1. The molecule has 3 aromatic carbocycles. The minimum atomic E-state index is -0.781. The van der Waals surface area contributed by atoms with Gasteiger partial charge in [-0.2, -0.15) is 0 Å². The van der Waals surface area contributed by atoms with Crippen LogP contribution in [0.25, 0.3) is 16.7 Å². The molecular weight excluding hydrogens is 452 g/mol. The molecule has 1 aliphatic carbocycles. The third-order valence-electron chi connectivity index (χ3n) is 7.08. The average Bonchev–Trinajstić information content (AvgIpc) is 3.45. The van der Waals surface area contributed by atoms with Crippen LogP contribution < -0.4 is 9.47 Å². The molecule has 0 radical (unpaired) electrons. The lowest BCUT2D eigenvalue weighted by Crippen LogP contribution is -2.15. The highest BCUT2D eigenvalue weighted by Crippen LogP contribution is 2.43. The maximum absolute atomic E-state index is 11.2. The van der Waals surface area contributed by atoms with Crippen molar-refractivity contribution in [2.75, 3.05) is 13.2 Å². The van der Waals surface area contributed by atoms with Crippen molar-refractivity contribution in [1.29, 1.82) is 0 Å². The van der Waals surface area contributed by atoms with E-state index >= 15 is 0 Å². The van der Waals surface area contributed by atoms with Crippen LogP contribution in [-0.4, -0.2) is 30.4 Å². The molecular formula is C31H32O5. The number of carboxylic acid groups (broad SMARTS) is 1. The number of hydrogen-bond donors (Lipinski definition) is 1. The Kier molecular flexibility index (Phi) is 6.84. The van der Waals surface area contributed by atoms with Gasteiger partial charge in [0.05, 0.1) is 19.6 Å². The highest BCUT2D eigenvalue weighted by molar-refractivity contribution is 5.77. The van der Waals surface area contributed by atoms with Crippen LogP contribution in [0, 0.1) is 13.8 Å². The Labute approximate surface area is 212 Å². The Morgan fingerprint density at radius 3 is 2.61 bits per heavy atom. The number of rotatable bonds is 8. The van der Waals surface area contributed by atoms with E-state index in [-0.39, 0.29) is 18.4 Å². The van der Waals surface area contributed by atoms with E-state index in [1.165, 1.54) is 16.7 Å². The lowest BCUT2D eigenvalue weighted by Gasteiger charge is -2.17. The smallest absolute Gasteiger partial charge is 0.303 e. The van der Waals surface area contributed by atoms with Crippen molar-refractivity contribution in [1.82, 2.24) is 0 Å². The molecule has 3 aromatic rings. The third kappa shape index (κ3) is 5.17. The van der Waals surface area contributed by atoms with Gasteiger partial charge in [0.1, 0.15) is 24.2 Å². The van der Waals surface area contributed by atoms with Gasteiger partial charge in [-0.25, -0.2) is 0 Å². The van der Waals surface area contributed by atoms with E-state index in [0.717, 1.165) is 52.4 Å². The van der Waals surface area contributed by atoms with Gasteiger partial charge >= 0.3 is 5.97 Å². The van der Waals surface area contributed by atoms with Crippen LogP contribution in [0.5, 0.6) is 11.5 Å². The SMILES string of the molecule is C=C1CC(CC(=O)O)c2ccc(OCc3cccc(-c4c(C)cc(OC5CCOC5)cc4C)c3)cc21. The maximum atomic E-state index is 11.2. The number of hydrogen-bond acceptors (Lipinski definition) is 4. The molecule has 1 saturated heterocycles. The Hall–Kier alpha value is -3.57. The molecule has 0 aromatic heterocycles. The summed E-state index contributed by atoms with van der Waals surface area (Å²) in [4.78, 5) is 11.2. The first-order valence-electron chi connectivity index (χ1n) is 12.5. The molecule has 1 N–H and O–H groups in total. The molecule has 0 saturated carbocycles. The molecule has 5 nitrogen and oxygen atoms in total. The number of aryl methyl sites for hydroxylation is 2. The molecule has 2 unspecified atom stereocenters. The van der Waals surface area contributed by atoms with Gasteiger partial charge in [-0.05, 0) is 101 Å². The van der Waals surface area contributed by atoms with Crippen LogP contribution in [0.4, 0.5) is 0 Å². The highest BCUT2D eigenvalue weighted by atomic mass is 16.5. The minimum Gasteiger partial charge on any atom is -0.489 e. The molecule has 1 fully saturated rings. The quantitative estimate of drug-likeness (QED) is 0.386. The zero-order valence-corrected chi connectivity index (χ0v) is 20.9. The second-order valence-electron chi connectivity index (χ2n) is 9.88. The largest absolute Gasteiger partial charge is 0.489 e. The summed E-state index contributed by atoms with van der Waals surface area (Å²) >= 11 is 0. The van der Waals surface area contributed by atoms with Gasteiger partial charge in [-0.3, -0.25) is 4.79 Å². The van der Waals surface area contributed by atoms with Crippen LogP contribution in [0.3, 0.4) is 0 Å². The molecule has 186 valence electrons. The summed E-state index contributed by atoms with van der Waals surface area (Å²) in [5, 5.41) is 9.20. The van der Waals surface area contributed by atoms with Gasteiger partial charge < -0.3 is 19.3 Å². The summed E-state index contributed by atoms with van der Waals surface area (Å²) in [5.74, 6) is 0.871. The fourth-order valence-electron chi connectivity index (χ4n) is 5.43. The molecule has 2 atom stereocenters. The zero-order valence-electron chi connectivity index (χ0n) is 20.9. The Morgan fingerprint density at radius 2 is 1.89 bits per heavy atom. The summed E-state index contributed by atoms with van der Waals surface area (Å²) in [6, 6.07) is 18.6. The molecule has 0 bridgehead atoms. The summed E-state index contributed by atoms with van der Waals surface area (Å²) < 4.78 is 17.7. The van der Waals surface area contributed by atoms with E-state index in [1.54, 1.807) is 0 Å². The van der Waals surface area contributed by atoms with E-state index in [1.807, 2.05) is 18.2 Å². The standard InChI is InChI=1S/C31H32O5/c1-19-11-24(15-30(32)33)28-8-7-25(16-29(19)28)35-17-22-5-4-6-23(14-22)31-20(2)12-27(13-21(31)3)36-26-9-10-34-18-26/h4-8,12-14,16,24,26H,1,9-11,15,17-18H2,2-3H3,(H,32,33). The molecule has 0 amide bonds. The van der Waals surface area contributed by atoms with Gasteiger partial charge in [0.2, 0.25) is 0 Å². The lowest BCUT2D eigenvalue weighted by molar-refractivity contribution is -0.137. The van der Waals surface area contributed by atoms with E-state index < -0.39 is 5.97 Å². The maximum Gasteiger partial charge on any atom is 0.303 e. The zero-order chi connectivity index (χ0) is 25.2. The molecule has 2 aliphatic rings. The van der Waals surface area contributed by atoms with Crippen molar-refractivity contribution in [2.45, 2.75) is 51.7 Å². The molecule has 1 heterocycles. The van der Waals surface area contributed by atoms with Crippen LogP contribution in [-0.2, 0) is 16.1 Å². The number of benzene rings is 3. The number of carbonyl (C=O) groups is 1. The Morgan fingerprint density at radius 1 is 1.08 bits per heavy atom. The van der Waals surface area contributed by atoms with Gasteiger partial charge in [-0.15, -0.1) is 0 Å². The van der Waals surface area contributed by atoms with Crippen LogP contribution >= 0.6 is 0 Å². The van der Waals surface area contributed by atoms with Gasteiger partial charge in [0.25, 0.3) is 0 Å². The molecule has 5 rings (SSSR count). The summed E-state index contributed by atoms with van der Waals surface area (Å²) in [7, 11) is 0. The first-order chi connectivity index (χ1) is 17.4. The fourth-order valence-corrected chi connectivity index (χ4v) is 5.43. The van der Waals surface area contributed by atoms with Gasteiger partial charge in [-0.1, -0.05) is 30.8 Å². The predicted octanol–water partition coefficient (Wildman–Crippen LogP) is 6.69. The van der Waals surface area contributed by atoms with Crippen LogP contribution in [0.1, 0.15) is 53.0 Å². The van der Waals surface area contributed by atoms with Crippen molar-refractivity contribution in [3.8, 4) is 22.6 Å². The van der Waals surface area contributed by atoms with Crippen molar-refractivity contribution in [3.63, 3.8) is 0 Å². The summed E-state index contributed by atoms with van der Waals surface area (Å²) in [6.07, 6.45) is 1.88. The average molecular weight is 485 g/mol.